The molecule has 0 aliphatic rings. The van der Waals surface area contributed by atoms with Crippen molar-refractivity contribution in [2.75, 3.05) is 0 Å². The molecule has 0 fully saturated rings. The Bertz CT molecular complexity index is 324. The quantitative estimate of drug-likeness (QED) is 0.678. The van der Waals surface area contributed by atoms with Crippen molar-refractivity contribution in [3.05, 3.63) is 28.8 Å². The zero-order valence-electron chi connectivity index (χ0n) is 9.76. The summed E-state index contributed by atoms with van der Waals surface area (Å²) in [6.45, 7) is 11.1. The van der Waals surface area contributed by atoms with Crippen molar-refractivity contribution in [2.24, 2.45) is 0 Å². The van der Waals surface area contributed by atoms with E-state index in [0.717, 1.165) is 4.90 Å². The molecular formula is C13H20S. The normalized spacial score (nSPS) is 11.4. The molecule has 14 heavy (non-hydrogen) atoms. The van der Waals surface area contributed by atoms with Crippen LogP contribution < -0.4 is 0 Å². The largest absolute Gasteiger partial charge is 0.143 e. The third kappa shape index (κ3) is 2.33. The van der Waals surface area contributed by atoms with Crippen LogP contribution in [0.4, 0.5) is 0 Å². The van der Waals surface area contributed by atoms with E-state index in [2.05, 4.69) is 59.4 Å². The van der Waals surface area contributed by atoms with E-state index in [1.165, 1.54) is 16.7 Å². The highest BCUT2D eigenvalue weighted by Gasteiger charge is 2.09. The Kier molecular flexibility index (Phi) is 3.65. The van der Waals surface area contributed by atoms with Crippen LogP contribution in [0.5, 0.6) is 0 Å². The standard InChI is InChI=1S/C13H20S/c1-8(2)11-6-12(9(3)4)10(5)13(14)7-11/h6-9,14H,1-5H3. The molecule has 0 N–H and O–H groups in total. The number of benzene rings is 1. The summed E-state index contributed by atoms with van der Waals surface area (Å²) in [6, 6.07) is 4.51. The molecule has 0 nitrogen and oxygen atoms in total. The second-order valence-electron chi connectivity index (χ2n) is 4.56. The lowest BCUT2D eigenvalue weighted by Crippen LogP contribution is -1.97. The van der Waals surface area contributed by atoms with Crippen molar-refractivity contribution in [1.29, 1.82) is 0 Å². The molecule has 0 saturated heterocycles. The summed E-state index contributed by atoms with van der Waals surface area (Å²) in [4.78, 5) is 1.12. The van der Waals surface area contributed by atoms with Gasteiger partial charge in [-0.15, -0.1) is 12.6 Å². The minimum absolute atomic E-state index is 0.582. The SMILES string of the molecule is Cc1c(S)cc(C(C)C)cc1C(C)C. The minimum atomic E-state index is 0.582. The molecule has 1 rings (SSSR count). The van der Waals surface area contributed by atoms with Gasteiger partial charge in [0.05, 0.1) is 0 Å². The van der Waals surface area contributed by atoms with Crippen molar-refractivity contribution in [3.63, 3.8) is 0 Å². The molecule has 0 atom stereocenters. The van der Waals surface area contributed by atoms with Gasteiger partial charge in [0.25, 0.3) is 0 Å². The van der Waals surface area contributed by atoms with Crippen molar-refractivity contribution in [1.82, 2.24) is 0 Å². The van der Waals surface area contributed by atoms with E-state index in [4.69, 9.17) is 0 Å². The molecule has 0 radical (unpaired) electrons. The van der Waals surface area contributed by atoms with Gasteiger partial charge in [0.2, 0.25) is 0 Å². The van der Waals surface area contributed by atoms with Crippen LogP contribution in [-0.4, -0.2) is 0 Å². The Balaban J connectivity index is 3.28. The number of hydrogen-bond donors (Lipinski definition) is 1. The predicted octanol–water partition coefficient (Wildman–Crippen LogP) is 4.53. The highest BCUT2D eigenvalue weighted by Crippen LogP contribution is 2.29. The molecule has 0 amide bonds. The maximum absolute atomic E-state index is 4.53. The molecule has 0 saturated carbocycles. The van der Waals surface area contributed by atoms with E-state index >= 15 is 0 Å². The number of rotatable bonds is 2. The molecule has 78 valence electrons. The maximum Gasteiger partial charge on any atom is 0.00749 e. The summed E-state index contributed by atoms with van der Waals surface area (Å²) in [5.74, 6) is 1.17. The van der Waals surface area contributed by atoms with Crippen LogP contribution in [0, 0.1) is 6.92 Å². The van der Waals surface area contributed by atoms with Crippen molar-refractivity contribution in [2.45, 2.75) is 51.3 Å². The number of hydrogen-bond acceptors (Lipinski definition) is 1. The molecule has 0 aliphatic carbocycles. The fourth-order valence-electron chi connectivity index (χ4n) is 1.68. The zero-order valence-corrected chi connectivity index (χ0v) is 10.7. The van der Waals surface area contributed by atoms with Crippen LogP contribution in [-0.2, 0) is 0 Å². The first-order valence-corrected chi connectivity index (χ1v) is 5.71. The van der Waals surface area contributed by atoms with Gasteiger partial charge in [-0.2, -0.15) is 0 Å². The highest BCUT2D eigenvalue weighted by molar-refractivity contribution is 7.80. The van der Waals surface area contributed by atoms with Crippen LogP contribution in [0.15, 0.2) is 17.0 Å². The van der Waals surface area contributed by atoms with Gasteiger partial charge >= 0.3 is 0 Å². The highest BCUT2D eigenvalue weighted by atomic mass is 32.1. The Morgan fingerprint density at radius 1 is 1.00 bits per heavy atom. The van der Waals surface area contributed by atoms with Crippen molar-refractivity contribution in [3.8, 4) is 0 Å². The molecule has 1 aromatic rings. The fourth-order valence-corrected chi connectivity index (χ4v) is 1.95. The zero-order chi connectivity index (χ0) is 10.9. The van der Waals surface area contributed by atoms with Gasteiger partial charge in [-0.3, -0.25) is 0 Å². The topological polar surface area (TPSA) is 0 Å². The van der Waals surface area contributed by atoms with E-state index < -0.39 is 0 Å². The second-order valence-corrected chi connectivity index (χ2v) is 5.05. The average molecular weight is 208 g/mol. The molecular weight excluding hydrogens is 188 g/mol. The lowest BCUT2D eigenvalue weighted by Gasteiger charge is -2.16. The fraction of sp³-hybridized carbons (Fsp3) is 0.538. The molecule has 0 unspecified atom stereocenters. The van der Waals surface area contributed by atoms with Gasteiger partial charge in [-0.1, -0.05) is 33.8 Å². The first kappa shape index (κ1) is 11.6. The maximum atomic E-state index is 4.53. The van der Waals surface area contributed by atoms with Crippen molar-refractivity contribution < 1.29 is 0 Å². The average Bonchev–Trinajstić information content (AvgIpc) is 2.08. The van der Waals surface area contributed by atoms with E-state index in [1.807, 2.05) is 0 Å². The van der Waals surface area contributed by atoms with Crippen LogP contribution in [0.3, 0.4) is 0 Å². The van der Waals surface area contributed by atoms with Crippen LogP contribution in [0.2, 0.25) is 0 Å². The van der Waals surface area contributed by atoms with Gasteiger partial charge in [-0.05, 0) is 41.5 Å². The molecule has 0 aromatic heterocycles. The Morgan fingerprint density at radius 2 is 1.57 bits per heavy atom. The molecule has 0 heterocycles. The van der Waals surface area contributed by atoms with E-state index in [9.17, 15) is 0 Å². The minimum Gasteiger partial charge on any atom is -0.143 e. The summed E-state index contributed by atoms with van der Waals surface area (Å²) in [7, 11) is 0. The van der Waals surface area contributed by atoms with Gasteiger partial charge < -0.3 is 0 Å². The lowest BCUT2D eigenvalue weighted by molar-refractivity contribution is 0.817. The summed E-state index contributed by atoms with van der Waals surface area (Å²) >= 11 is 4.53. The molecule has 1 aromatic carbocycles. The smallest absolute Gasteiger partial charge is 0.00749 e. The molecule has 0 spiro atoms. The lowest BCUT2D eigenvalue weighted by atomic mass is 9.92. The van der Waals surface area contributed by atoms with Crippen LogP contribution in [0.25, 0.3) is 0 Å². The first-order chi connectivity index (χ1) is 6.43. The van der Waals surface area contributed by atoms with E-state index in [-0.39, 0.29) is 0 Å². The summed E-state index contributed by atoms with van der Waals surface area (Å²) < 4.78 is 0. The Hall–Kier alpha value is -0.430. The van der Waals surface area contributed by atoms with Gasteiger partial charge in [0, 0.05) is 4.90 Å². The summed E-state index contributed by atoms with van der Waals surface area (Å²) in [5, 5.41) is 0. The first-order valence-electron chi connectivity index (χ1n) is 5.27. The predicted molar refractivity (Wildman–Crippen MR) is 66.6 cm³/mol. The third-order valence-corrected chi connectivity index (χ3v) is 3.20. The van der Waals surface area contributed by atoms with Gasteiger partial charge in [-0.25, -0.2) is 0 Å². The van der Waals surface area contributed by atoms with Crippen molar-refractivity contribution >= 4 is 12.6 Å². The van der Waals surface area contributed by atoms with Gasteiger partial charge in [0.15, 0.2) is 0 Å². The summed E-state index contributed by atoms with van der Waals surface area (Å²) in [5.41, 5.74) is 4.15. The Labute approximate surface area is 93.1 Å². The van der Waals surface area contributed by atoms with Crippen LogP contribution >= 0.6 is 12.6 Å². The molecule has 1 heteroatoms. The second kappa shape index (κ2) is 4.39. The van der Waals surface area contributed by atoms with Gasteiger partial charge in [0.1, 0.15) is 0 Å². The molecule has 0 aliphatic heterocycles. The third-order valence-electron chi connectivity index (χ3n) is 2.73. The monoisotopic (exact) mass is 208 g/mol. The van der Waals surface area contributed by atoms with E-state index in [1.54, 1.807) is 0 Å². The summed E-state index contributed by atoms with van der Waals surface area (Å²) in [6.07, 6.45) is 0. The molecule has 0 bridgehead atoms. The Morgan fingerprint density at radius 3 is 2.00 bits per heavy atom. The number of thiol groups is 1. The van der Waals surface area contributed by atoms with Crippen LogP contribution in [0.1, 0.15) is 56.2 Å². The van der Waals surface area contributed by atoms with E-state index in [0.29, 0.717) is 11.8 Å².